The first kappa shape index (κ1) is 17.0. The highest BCUT2D eigenvalue weighted by molar-refractivity contribution is 6.33. The number of likely N-dealkylation sites (N-methyl/N-ethyl adjacent to an activating group) is 1. The Balaban J connectivity index is 1.63. The molecule has 1 fully saturated rings. The molecule has 1 aliphatic heterocycles. The highest BCUT2D eigenvalue weighted by Crippen LogP contribution is 2.28. The van der Waals surface area contributed by atoms with E-state index in [9.17, 15) is 5.26 Å². The minimum Gasteiger partial charge on any atom is -0.356 e. The Hall–Kier alpha value is -1.87. The van der Waals surface area contributed by atoms with Crippen LogP contribution in [0, 0.1) is 17.2 Å². The molecule has 1 saturated heterocycles. The van der Waals surface area contributed by atoms with E-state index >= 15 is 0 Å². The van der Waals surface area contributed by atoms with Crippen LogP contribution in [0.3, 0.4) is 0 Å². The van der Waals surface area contributed by atoms with E-state index in [4.69, 9.17) is 16.1 Å². The van der Waals surface area contributed by atoms with Crippen molar-refractivity contribution in [1.29, 1.82) is 5.26 Å². The number of rotatable bonds is 5. The van der Waals surface area contributed by atoms with Gasteiger partial charge in [-0.2, -0.15) is 5.26 Å². The van der Waals surface area contributed by atoms with Crippen LogP contribution in [0.1, 0.15) is 5.69 Å². The van der Waals surface area contributed by atoms with Gasteiger partial charge in [-0.25, -0.2) is 0 Å². The summed E-state index contributed by atoms with van der Waals surface area (Å²) in [6, 6.07) is 11.8. The van der Waals surface area contributed by atoms with Crippen molar-refractivity contribution in [2.45, 2.75) is 6.42 Å². The summed E-state index contributed by atoms with van der Waals surface area (Å²) in [4.78, 5) is 4.66. The first-order valence-corrected chi connectivity index (χ1v) is 8.54. The van der Waals surface area contributed by atoms with Gasteiger partial charge in [-0.3, -0.25) is 4.90 Å². The molecule has 0 radical (unpaired) electrons. The molecule has 0 bridgehead atoms. The van der Waals surface area contributed by atoms with Gasteiger partial charge >= 0.3 is 0 Å². The number of nitrogens with zero attached hydrogens (tertiary/aromatic N) is 4. The summed E-state index contributed by atoms with van der Waals surface area (Å²) in [6.45, 7) is 4.91. The number of nitriles is 1. The van der Waals surface area contributed by atoms with Crippen LogP contribution in [-0.2, 0) is 6.42 Å². The number of aromatic nitrogens is 1. The quantitative estimate of drug-likeness (QED) is 0.834. The van der Waals surface area contributed by atoms with Crippen molar-refractivity contribution in [3.63, 3.8) is 0 Å². The third-order valence-electron chi connectivity index (χ3n) is 4.41. The Morgan fingerprint density at radius 3 is 2.75 bits per heavy atom. The standard InChI is InChI=1S/C18H21ClN4O/c1-22-6-8-23(9-7-22)13-14(12-20)10-15-11-18(24-21-15)16-4-2-3-5-17(16)19/h2-5,11,14H,6-10,13H2,1H3/t14-/m1/s1. The minimum atomic E-state index is -0.0856. The topological polar surface area (TPSA) is 56.3 Å². The lowest BCUT2D eigenvalue weighted by atomic mass is 10.0. The van der Waals surface area contributed by atoms with Crippen molar-refractivity contribution in [3.8, 4) is 17.4 Å². The fraction of sp³-hybridized carbons (Fsp3) is 0.444. The van der Waals surface area contributed by atoms with Crippen molar-refractivity contribution in [3.05, 3.63) is 41.0 Å². The van der Waals surface area contributed by atoms with Gasteiger partial charge in [0.05, 0.1) is 22.7 Å². The minimum absolute atomic E-state index is 0.0856. The van der Waals surface area contributed by atoms with Crippen molar-refractivity contribution in [2.75, 3.05) is 39.8 Å². The predicted molar refractivity (Wildman–Crippen MR) is 93.7 cm³/mol. The summed E-state index contributed by atoms with van der Waals surface area (Å²) >= 11 is 6.19. The first-order chi connectivity index (χ1) is 11.7. The van der Waals surface area contributed by atoms with Crippen LogP contribution in [-0.4, -0.2) is 54.7 Å². The molecular weight excluding hydrogens is 324 g/mol. The Morgan fingerprint density at radius 1 is 1.29 bits per heavy atom. The zero-order chi connectivity index (χ0) is 16.9. The van der Waals surface area contributed by atoms with Gasteiger partial charge in [0.15, 0.2) is 5.76 Å². The van der Waals surface area contributed by atoms with Crippen molar-refractivity contribution in [1.82, 2.24) is 15.0 Å². The summed E-state index contributed by atoms with van der Waals surface area (Å²) in [5.74, 6) is 0.560. The number of hydrogen-bond acceptors (Lipinski definition) is 5. The largest absolute Gasteiger partial charge is 0.356 e. The summed E-state index contributed by atoms with van der Waals surface area (Å²) in [6.07, 6.45) is 0.594. The maximum atomic E-state index is 9.47. The molecule has 126 valence electrons. The molecule has 0 aliphatic carbocycles. The molecule has 2 heterocycles. The van der Waals surface area contributed by atoms with Gasteiger partial charge in [0.1, 0.15) is 0 Å². The van der Waals surface area contributed by atoms with E-state index in [1.54, 1.807) is 0 Å². The second kappa shape index (κ2) is 7.80. The van der Waals surface area contributed by atoms with Crippen LogP contribution < -0.4 is 0 Å². The molecule has 1 aromatic carbocycles. The van der Waals surface area contributed by atoms with Crippen LogP contribution in [0.15, 0.2) is 34.9 Å². The van der Waals surface area contributed by atoms with E-state index in [1.165, 1.54) is 0 Å². The lowest BCUT2D eigenvalue weighted by Crippen LogP contribution is -2.46. The van der Waals surface area contributed by atoms with Crippen LogP contribution in [0.4, 0.5) is 0 Å². The molecule has 5 nitrogen and oxygen atoms in total. The van der Waals surface area contributed by atoms with E-state index in [-0.39, 0.29) is 5.92 Å². The lowest BCUT2D eigenvalue weighted by Gasteiger charge is -2.33. The van der Waals surface area contributed by atoms with Gasteiger partial charge < -0.3 is 9.42 Å². The third-order valence-corrected chi connectivity index (χ3v) is 4.74. The number of benzene rings is 1. The highest BCUT2D eigenvalue weighted by atomic mass is 35.5. The maximum absolute atomic E-state index is 9.47. The van der Waals surface area contributed by atoms with Gasteiger partial charge in [-0.1, -0.05) is 28.9 Å². The van der Waals surface area contributed by atoms with Crippen LogP contribution >= 0.6 is 11.6 Å². The molecule has 2 aromatic rings. The number of halogens is 1. The highest BCUT2D eigenvalue weighted by Gasteiger charge is 2.20. The number of piperazine rings is 1. The van der Waals surface area contributed by atoms with Crippen LogP contribution in [0.2, 0.25) is 5.02 Å². The Morgan fingerprint density at radius 2 is 2.04 bits per heavy atom. The van der Waals surface area contributed by atoms with Gasteiger partial charge in [-0.05, 0) is 19.2 Å². The van der Waals surface area contributed by atoms with E-state index in [0.29, 0.717) is 17.2 Å². The summed E-state index contributed by atoms with van der Waals surface area (Å²) < 4.78 is 5.42. The average Bonchev–Trinajstić information content (AvgIpc) is 3.05. The van der Waals surface area contributed by atoms with Gasteiger partial charge in [0.25, 0.3) is 0 Å². The zero-order valence-electron chi connectivity index (χ0n) is 13.8. The summed E-state index contributed by atoms with van der Waals surface area (Å²) in [5, 5.41) is 14.2. The first-order valence-electron chi connectivity index (χ1n) is 8.16. The van der Waals surface area contributed by atoms with E-state index in [0.717, 1.165) is 44.0 Å². The second-order valence-electron chi connectivity index (χ2n) is 6.30. The normalized spacial score (nSPS) is 17.5. The van der Waals surface area contributed by atoms with Gasteiger partial charge in [0, 0.05) is 50.8 Å². The molecule has 0 amide bonds. The Labute approximate surface area is 147 Å². The van der Waals surface area contributed by atoms with Crippen molar-refractivity contribution >= 4 is 11.6 Å². The van der Waals surface area contributed by atoms with Crippen LogP contribution in [0.25, 0.3) is 11.3 Å². The number of hydrogen-bond donors (Lipinski definition) is 0. The lowest BCUT2D eigenvalue weighted by molar-refractivity contribution is 0.143. The van der Waals surface area contributed by atoms with E-state index in [1.807, 2.05) is 30.3 Å². The Kier molecular flexibility index (Phi) is 5.52. The summed E-state index contributed by atoms with van der Waals surface area (Å²) in [7, 11) is 2.13. The van der Waals surface area contributed by atoms with Crippen LogP contribution in [0.5, 0.6) is 0 Å². The predicted octanol–water partition coefficient (Wildman–Crippen LogP) is 2.92. The fourth-order valence-electron chi connectivity index (χ4n) is 2.94. The molecule has 1 aliphatic rings. The summed E-state index contributed by atoms with van der Waals surface area (Å²) in [5.41, 5.74) is 1.62. The van der Waals surface area contributed by atoms with Gasteiger partial charge in [0.2, 0.25) is 0 Å². The molecule has 0 unspecified atom stereocenters. The molecule has 1 aromatic heterocycles. The molecule has 0 spiro atoms. The van der Waals surface area contributed by atoms with E-state index < -0.39 is 0 Å². The molecule has 3 rings (SSSR count). The van der Waals surface area contributed by atoms with Crippen molar-refractivity contribution < 1.29 is 4.52 Å². The molecule has 1 atom stereocenters. The molecule has 24 heavy (non-hydrogen) atoms. The average molecular weight is 345 g/mol. The Bertz CT molecular complexity index is 716. The fourth-order valence-corrected chi connectivity index (χ4v) is 3.17. The smallest absolute Gasteiger partial charge is 0.168 e. The molecule has 6 heteroatoms. The molecule has 0 saturated carbocycles. The second-order valence-corrected chi connectivity index (χ2v) is 6.70. The molecular formula is C18H21ClN4O. The third kappa shape index (κ3) is 4.15. The monoisotopic (exact) mass is 344 g/mol. The zero-order valence-corrected chi connectivity index (χ0v) is 14.5. The molecule has 0 N–H and O–H groups in total. The van der Waals surface area contributed by atoms with Crippen molar-refractivity contribution in [2.24, 2.45) is 5.92 Å². The SMILES string of the molecule is CN1CCN(C[C@@H](C#N)Cc2cc(-c3ccccc3Cl)on2)CC1. The maximum Gasteiger partial charge on any atom is 0.168 e. The van der Waals surface area contributed by atoms with Gasteiger partial charge in [-0.15, -0.1) is 0 Å². The van der Waals surface area contributed by atoms with E-state index in [2.05, 4.69) is 28.1 Å².